The molecule has 0 bridgehead atoms. The van der Waals surface area contributed by atoms with Gasteiger partial charge in [-0.2, -0.15) is 0 Å². The summed E-state index contributed by atoms with van der Waals surface area (Å²) in [5.74, 6) is -1.64. The van der Waals surface area contributed by atoms with E-state index in [1.807, 2.05) is 0 Å². The highest BCUT2D eigenvalue weighted by atomic mass is 16.5. The number of aliphatic hydroxyl groups is 1. The predicted octanol–water partition coefficient (Wildman–Crippen LogP) is 0.739. The maximum atomic E-state index is 12.5. The molecule has 1 aliphatic carbocycles. The van der Waals surface area contributed by atoms with Crippen LogP contribution in [0.25, 0.3) is 0 Å². The van der Waals surface area contributed by atoms with E-state index in [2.05, 4.69) is 0 Å². The first-order valence-corrected chi connectivity index (χ1v) is 6.84. The van der Waals surface area contributed by atoms with E-state index in [4.69, 9.17) is 4.74 Å². The first kappa shape index (κ1) is 13.8. The fourth-order valence-electron chi connectivity index (χ4n) is 3.00. The van der Waals surface area contributed by atoms with Crippen LogP contribution in [0.2, 0.25) is 0 Å². The summed E-state index contributed by atoms with van der Waals surface area (Å²) in [4.78, 5) is 38.2. The van der Waals surface area contributed by atoms with Crippen molar-refractivity contribution < 1.29 is 24.2 Å². The Morgan fingerprint density at radius 3 is 2.24 bits per heavy atom. The molecule has 1 aromatic rings. The van der Waals surface area contributed by atoms with Gasteiger partial charge in [-0.3, -0.25) is 14.5 Å². The molecule has 6 heteroatoms. The summed E-state index contributed by atoms with van der Waals surface area (Å²) >= 11 is 0. The number of nitrogens with zero attached hydrogens (tertiary/aromatic N) is 1. The number of aliphatic hydroxyl groups excluding tert-OH is 1. The molecule has 1 fully saturated rings. The normalized spacial score (nSPS) is 27.3. The third kappa shape index (κ3) is 1.79. The number of carbonyl (C=O) groups excluding carboxylic acids is 3. The van der Waals surface area contributed by atoms with Gasteiger partial charge in [0.25, 0.3) is 11.8 Å². The van der Waals surface area contributed by atoms with Gasteiger partial charge in [-0.25, -0.2) is 4.79 Å². The highest BCUT2D eigenvalue weighted by Gasteiger charge is 2.61. The molecule has 0 saturated heterocycles. The molecule has 21 heavy (non-hydrogen) atoms. The summed E-state index contributed by atoms with van der Waals surface area (Å²) in [6.45, 7) is 1.81. The Hall–Kier alpha value is -2.21. The van der Waals surface area contributed by atoms with Gasteiger partial charge < -0.3 is 9.84 Å². The first-order valence-electron chi connectivity index (χ1n) is 6.84. The van der Waals surface area contributed by atoms with E-state index in [0.717, 1.165) is 4.90 Å². The van der Waals surface area contributed by atoms with E-state index >= 15 is 0 Å². The van der Waals surface area contributed by atoms with Gasteiger partial charge in [0.05, 0.1) is 23.8 Å². The molecular formula is C15H15NO5. The minimum Gasteiger partial charge on any atom is -0.464 e. The van der Waals surface area contributed by atoms with E-state index in [0.29, 0.717) is 0 Å². The zero-order chi connectivity index (χ0) is 15.2. The Morgan fingerprint density at radius 1 is 1.29 bits per heavy atom. The van der Waals surface area contributed by atoms with Gasteiger partial charge in [0.2, 0.25) is 0 Å². The fourth-order valence-corrected chi connectivity index (χ4v) is 3.00. The van der Waals surface area contributed by atoms with E-state index in [1.54, 1.807) is 31.2 Å². The molecule has 0 aromatic heterocycles. The Bertz CT molecular complexity index is 598. The molecule has 1 aliphatic heterocycles. The molecule has 1 heterocycles. The second kappa shape index (κ2) is 4.66. The van der Waals surface area contributed by atoms with Crippen LogP contribution in [-0.2, 0) is 9.53 Å². The zero-order valence-corrected chi connectivity index (χ0v) is 11.5. The predicted molar refractivity (Wildman–Crippen MR) is 71.5 cm³/mol. The summed E-state index contributed by atoms with van der Waals surface area (Å²) in [5, 5.41) is 9.59. The van der Waals surface area contributed by atoms with E-state index in [-0.39, 0.29) is 30.6 Å². The quantitative estimate of drug-likeness (QED) is 0.655. The molecule has 0 spiro atoms. The van der Waals surface area contributed by atoms with Crippen molar-refractivity contribution in [2.24, 2.45) is 0 Å². The van der Waals surface area contributed by atoms with Crippen LogP contribution >= 0.6 is 0 Å². The lowest BCUT2D eigenvalue weighted by atomic mass is 9.72. The number of hydrogen-bond acceptors (Lipinski definition) is 5. The van der Waals surface area contributed by atoms with Gasteiger partial charge in [0.15, 0.2) is 5.54 Å². The summed E-state index contributed by atoms with van der Waals surface area (Å²) in [6, 6.07) is 6.45. The van der Waals surface area contributed by atoms with Gasteiger partial charge >= 0.3 is 5.97 Å². The molecule has 2 aliphatic rings. The van der Waals surface area contributed by atoms with Crippen LogP contribution in [0.5, 0.6) is 0 Å². The molecule has 110 valence electrons. The number of ether oxygens (including phenoxy) is 1. The van der Waals surface area contributed by atoms with E-state index < -0.39 is 29.4 Å². The summed E-state index contributed by atoms with van der Waals surface area (Å²) in [6.07, 6.45) is -0.659. The number of esters is 1. The summed E-state index contributed by atoms with van der Waals surface area (Å²) in [7, 11) is 0. The van der Waals surface area contributed by atoms with Crippen molar-refractivity contribution in [2.45, 2.75) is 31.4 Å². The van der Waals surface area contributed by atoms with Crippen LogP contribution in [0.1, 0.15) is 40.5 Å². The third-order valence-corrected chi connectivity index (χ3v) is 4.02. The number of amides is 2. The molecule has 1 saturated carbocycles. The number of fused-ring (bicyclic) bond motifs is 1. The monoisotopic (exact) mass is 289 g/mol. The zero-order valence-electron chi connectivity index (χ0n) is 11.5. The van der Waals surface area contributed by atoms with Gasteiger partial charge in [0.1, 0.15) is 0 Å². The van der Waals surface area contributed by atoms with Crippen LogP contribution in [0.3, 0.4) is 0 Å². The second-order valence-electron chi connectivity index (χ2n) is 5.31. The highest BCUT2D eigenvalue weighted by molar-refractivity contribution is 6.23. The van der Waals surface area contributed by atoms with Crippen molar-refractivity contribution in [3.63, 3.8) is 0 Å². The van der Waals surface area contributed by atoms with Gasteiger partial charge in [-0.15, -0.1) is 0 Å². The summed E-state index contributed by atoms with van der Waals surface area (Å²) in [5.41, 5.74) is -0.803. The van der Waals surface area contributed by atoms with Crippen molar-refractivity contribution in [3.8, 4) is 0 Å². The van der Waals surface area contributed by atoms with Crippen LogP contribution < -0.4 is 0 Å². The summed E-state index contributed by atoms with van der Waals surface area (Å²) < 4.78 is 5.01. The average Bonchev–Trinajstić information content (AvgIpc) is 2.69. The second-order valence-corrected chi connectivity index (χ2v) is 5.31. The minimum absolute atomic E-state index is 0.0251. The lowest BCUT2D eigenvalue weighted by Crippen LogP contribution is -2.66. The molecule has 6 nitrogen and oxygen atoms in total. The Balaban J connectivity index is 2.01. The molecular weight excluding hydrogens is 274 g/mol. The molecule has 0 atom stereocenters. The number of carbonyl (C=O) groups is 3. The van der Waals surface area contributed by atoms with Crippen molar-refractivity contribution in [2.75, 3.05) is 6.61 Å². The van der Waals surface area contributed by atoms with Crippen LogP contribution in [0.15, 0.2) is 24.3 Å². The van der Waals surface area contributed by atoms with Crippen LogP contribution in [0, 0.1) is 0 Å². The van der Waals surface area contributed by atoms with Crippen molar-refractivity contribution in [1.29, 1.82) is 0 Å². The van der Waals surface area contributed by atoms with Crippen molar-refractivity contribution >= 4 is 17.8 Å². The Kier molecular flexibility index (Phi) is 3.06. The topological polar surface area (TPSA) is 83.9 Å². The Labute approximate surface area is 121 Å². The third-order valence-electron chi connectivity index (χ3n) is 4.02. The standard InChI is InChI=1S/C15H15NO5/c1-2-21-14(20)15(7-9(17)8-15)16-12(18)10-5-3-4-6-11(10)13(16)19/h3-6,9,17H,2,7-8H2,1H3. The SMILES string of the molecule is CCOC(=O)C1(N2C(=O)c3ccccc3C2=O)CC(O)C1. The maximum Gasteiger partial charge on any atom is 0.332 e. The van der Waals surface area contributed by atoms with Crippen LogP contribution in [0.4, 0.5) is 0 Å². The Morgan fingerprint density at radius 2 is 1.81 bits per heavy atom. The fraction of sp³-hybridized carbons (Fsp3) is 0.400. The smallest absolute Gasteiger partial charge is 0.332 e. The minimum atomic E-state index is -1.37. The lowest BCUT2D eigenvalue weighted by Gasteiger charge is -2.47. The molecule has 1 N–H and O–H groups in total. The van der Waals surface area contributed by atoms with Gasteiger partial charge in [-0.1, -0.05) is 12.1 Å². The number of benzene rings is 1. The number of rotatable bonds is 3. The van der Waals surface area contributed by atoms with E-state index in [1.165, 1.54) is 0 Å². The van der Waals surface area contributed by atoms with Crippen LogP contribution in [-0.4, -0.2) is 46.0 Å². The van der Waals surface area contributed by atoms with Crippen molar-refractivity contribution in [3.05, 3.63) is 35.4 Å². The maximum absolute atomic E-state index is 12.5. The molecule has 1 aromatic carbocycles. The number of hydrogen-bond donors (Lipinski definition) is 1. The first-order chi connectivity index (χ1) is 10.0. The molecule has 0 unspecified atom stereocenters. The highest BCUT2D eigenvalue weighted by Crippen LogP contribution is 2.43. The molecule has 0 radical (unpaired) electrons. The largest absolute Gasteiger partial charge is 0.464 e. The number of imide groups is 1. The van der Waals surface area contributed by atoms with E-state index in [9.17, 15) is 19.5 Å². The molecule has 2 amide bonds. The van der Waals surface area contributed by atoms with Crippen molar-refractivity contribution in [1.82, 2.24) is 4.90 Å². The average molecular weight is 289 g/mol. The van der Waals surface area contributed by atoms with Gasteiger partial charge in [-0.05, 0) is 19.1 Å². The lowest BCUT2D eigenvalue weighted by molar-refractivity contribution is -0.167. The molecule has 3 rings (SSSR count). The van der Waals surface area contributed by atoms with Gasteiger partial charge in [0, 0.05) is 12.8 Å².